The van der Waals surface area contributed by atoms with E-state index in [0.29, 0.717) is 13.1 Å². The number of hydrogen-bond donors (Lipinski definition) is 1. The van der Waals surface area contributed by atoms with Crippen molar-refractivity contribution in [2.75, 3.05) is 36.4 Å². The van der Waals surface area contributed by atoms with Crippen molar-refractivity contribution >= 4 is 28.3 Å². The number of aromatic nitrogens is 1. The van der Waals surface area contributed by atoms with Crippen LogP contribution in [0.2, 0.25) is 0 Å². The van der Waals surface area contributed by atoms with Gasteiger partial charge in [-0.1, -0.05) is 24.3 Å². The van der Waals surface area contributed by atoms with Crippen LogP contribution in [0.25, 0.3) is 10.9 Å². The molecule has 0 atom stereocenters. The number of rotatable bonds is 2. The van der Waals surface area contributed by atoms with Crippen LogP contribution in [0.15, 0.2) is 54.7 Å². The number of urea groups is 1. The van der Waals surface area contributed by atoms with E-state index in [-0.39, 0.29) is 6.03 Å². The molecule has 3 aromatic rings. The average molecular weight is 360 g/mol. The number of anilines is 2. The number of nitrogens with one attached hydrogen (secondary N) is 1. The largest absolute Gasteiger partial charge is 0.368 e. The fraction of sp³-hybridized carbons (Fsp3) is 0.273. The SMILES string of the molecule is Cc1cc(C)cc(N2CCN(C(=O)Nc3cccc4cccnc34)CC2)c1. The van der Waals surface area contributed by atoms with Crippen molar-refractivity contribution < 1.29 is 4.79 Å². The number of fused-ring (bicyclic) bond motifs is 1. The third kappa shape index (κ3) is 3.72. The predicted octanol–water partition coefficient (Wildman–Crippen LogP) is 4.21. The van der Waals surface area contributed by atoms with E-state index in [1.165, 1.54) is 16.8 Å². The summed E-state index contributed by atoms with van der Waals surface area (Å²) in [6.07, 6.45) is 1.75. The Morgan fingerprint density at radius 1 is 0.963 bits per heavy atom. The molecule has 5 nitrogen and oxygen atoms in total. The quantitative estimate of drug-likeness (QED) is 0.745. The second-order valence-corrected chi connectivity index (χ2v) is 7.13. The summed E-state index contributed by atoms with van der Waals surface area (Å²) >= 11 is 0. The maximum atomic E-state index is 12.7. The molecule has 0 spiro atoms. The number of aryl methyl sites for hydroxylation is 2. The van der Waals surface area contributed by atoms with Crippen LogP contribution in [0.5, 0.6) is 0 Å². The van der Waals surface area contributed by atoms with E-state index in [9.17, 15) is 4.79 Å². The first-order valence-electron chi connectivity index (χ1n) is 9.33. The Morgan fingerprint density at radius 3 is 2.41 bits per heavy atom. The van der Waals surface area contributed by atoms with Crippen molar-refractivity contribution in [3.05, 3.63) is 65.9 Å². The van der Waals surface area contributed by atoms with Crippen molar-refractivity contribution in [2.45, 2.75) is 13.8 Å². The van der Waals surface area contributed by atoms with Crippen molar-refractivity contribution in [3.63, 3.8) is 0 Å². The summed E-state index contributed by atoms with van der Waals surface area (Å²) < 4.78 is 0. The minimum Gasteiger partial charge on any atom is -0.368 e. The highest BCUT2D eigenvalue weighted by molar-refractivity contribution is 5.99. The van der Waals surface area contributed by atoms with Crippen molar-refractivity contribution in [2.24, 2.45) is 0 Å². The van der Waals surface area contributed by atoms with Gasteiger partial charge in [-0.25, -0.2) is 4.79 Å². The van der Waals surface area contributed by atoms with Crippen LogP contribution in [0, 0.1) is 13.8 Å². The highest BCUT2D eigenvalue weighted by atomic mass is 16.2. The van der Waals surface area contributed by atoms with Gasteiger partial charge < -0.3 is 15.1 Å². The first-order chi connectivity index (χ1) is 13.1. The van der Waals surface area contributed by atoms with E-state index in [0.717, 1.165) is 29.7 Å². The molecular weight excluding hydrogens is 336 g/mol. The van der Waals surface area contributed by atoms with Crippen molar-refractivity contribution in [3.8, 4) is 0 Å². The van der Waals surface area contributed by atoms with E-state index < -0.39 is 0 Å². The Labute approximate surface area is 159 Å². The second kappa shape index (κ2) is 7.27. The number of piperazine rings is 1. The Morgan fingerprint density at radius 2 is 1.67 bits per heavy atom. The number of para-hydroxylation sites is 1. The molecule has 2 amide bonds. The number of carbonyl (C=O) groups excluding carboxylic acids is 1. The van der Waals surface area contributed by atoms with Gasteiger partial charge in [-0.05, 0) is 49.2 Å². The van der Waals surface area contributed by atoms with Crippen LogP contribution in [0.1, 0.15) is 11.1 Å². The molecule has 0 aliphatic carbocycles. The lowest BCUT2D eigenvalue weighted by Crippen LogP contribution is -2.50. The summed E-state index contributed by atoms with van der Waals surface area (Å²) in [5.74, 6) is 0. The zero-order valence-electron chi connectivity index (χ0n) is 15.8. The van der Waals surface area contributed by atoms with Crippen LogP contribution in [-0.2, 0) is 0 Å². The monoisotopic (exact) mass is 360 g/mol. The zero-order chi connectivity index (χ0) is 18.8. The van der Waals surface area contributed by atoms with Gasteiger partial charge in [0, 0.05) is 43.4 Å². The molecule has 0 saturated carbocycles. The summed E-state index contributed by atoms with van der Waals surface area (Å²) in [5, 5.41) is 4.06. The minimum atomic E-state index is -0.0618. The Bertz CT molecular complexity index is 951. The molecular formula is C22H24N4O. The van der Waals surface area contributed by atoms with E-state index in [4.69, 9.17) is 0 Å². The van der Waals surface area contributed by atoms with Gasteiger partial charge in [0.25, 0.3) is 0 Å². The summed E-state index contributed by atoms with van der Waals surface area (Å²) in [6.45, 7) is 7.33. The van der Waals surface area contributed by atoms with Gasteiger partial charge in [0.2, 0.25) is 0 Å². The number of pyridine rings is 1. The second-order valence-electron chi connectivity index (χ2n) is 7.13. The van der Waals surface area contributed by atoms with Gasteiger partial charge in [-0.3, -0.25) is 4.98 Å². The lowest BCUT2D eigenvalue weighted by molar-refractivity contribution is 0.208. The molecule has 5 heteroatoms. The normalized spacial score (nSPS) is 14.4. The topological polar surface area (TPSA) is 48.5 Å². The lowest BCUT2D eigenvalue weighted by Gasteiger charge is -2.36. The van der Waals surface area contributed by atoms with Crippen molar-refractivity contribution in [1.29, 1.82) is 0 Å². The van der Waals surface area contributed by atoms with E-state index in [1.54, 1.807) is 6.20 Å². The fourth-order valence-corrected chi connectivity index (χ4v) is 3.70. The Hall–Kier alpha value is -3.08. The summed E-state index contributed by atoms with van der Waals surface area (Å²) in [6, 6.07) is 16.3. The van der Waals surface area contributed by atoms with E-state index >= 15 is 0 Å². The average Bonchev–Trinajstić information content (AvgIpc) is 2.68. The lowest BCUT2D eigenvalue weighted by atomic mass is 10.1. The molecule has 1 saturated heterocycles. The maximum absolute atomic E-state index is 12.7. The number of carbonyl (C=O) groups is 1. The summed E-state index contributed by atoms with van der Waals surface area (Å²) in [4.78, 5) is 21.4. The van der Waals surface area contributed by atoms with Gasteiger partial charge >= 0.3 is 6.03 Å². The molecule has 1 aliphatic rings. The molecule has 1 aromatic heterocycles. The molecule has 1 fully saturated rings. The van der Waals surface area contributed by atoms with Gasteiger partial charge in [0.05, 0.1) is 11.2 Å². The molecule has 27 heavy (non-hydrogen) atoms. The molecule has 2 heterocycles. The molecule has 0 unspecified atom stereocenters. The third-order valence-corrected chi connectivity index (χ3v) is 5.01. The molecule has 1 aliphatic heterocycles. The minimum absolute atomic E-state index is 0.0618. The Balaban J connectivity index is 1.42. The molecule has 4 rings (SSSR count). The van der Waals surface area contributed by atoms with Crippen LogP contribution in [0.4, 0.5) is 16.2 Å². The summed E-state index contributed by atoms with van der Waals surface area (Å²) in [7, 11) is 0. The molecule has 138 valence electrons. The first-order valence-corrected chi connectivity index (χ1v) is 9.33. The number of amides is 2. The number of benzene rings is 2. The van der Waals surface area contributed by atoms with Crippen LogP contribution in [-0.4, -0.2) is 42.1 Å². The van der Waals surface area contributed by atoms with Crippen molar-refractivity contribution in [1.82, 2.24) is 9.88 Å². The number of nitrogens with zero attached hydrogens (tertiary/aromatic N) is 3. The van der Waals surface area contributed by atoms with Crippen LogP contribution >= 0.6 is 0 Å². The predicted molar refractivity (Wildman–Crippen MR) is 110 cm³/mol. The smallest absolute Gasteiger partial charge is 0.322 e. The molecule has 1 N–H and O–H groups in total. The standard InChI is InChI=1S/C22H24N4O/c1-16-13-17(2)15-19(14-16)25-9-11-26(12-10-25)22(27)24-20-7-3-5-18-6-4-8-23-21(18)20/h3-8,13-15H,9-12H2,1-2H3,(H,24,27). The van der Waals surface area contributed by atoms with E-state index in [1.807, 2.05) is 35.2 Å². The van der Waals surface area contributed by atoms with Crippen LogP contribution in [0.3, 0.4) is 0 Å². The van der Waals surface area contributed by atoms with Gasteiger partial charge in [-0.2, -0.15) is 0 Å². The summed E-state index contributed by atoms with van der Waals surface area (Å²) in [5.41, 5.74) is 5.37. The highest BCUT2D eigenvalue weighted by Gasteiger charge is 2.22. The zero-order valence-corrected chi connectivity index (χ0v) is 15.8. The van der Waals surface area contributed by atoms with E-state index in [2.05, 4.69) is 47.2 Å². The molecule has 0 radical (unpaired) electrons. The van der Waals surface area contributed by atoms with Gasteiger partial charge in [0.15, 0.2) is 0 Å². The number of hydrogen-bond acceptors (Lipinski definition) is 3. The highest BCUT2D eigenvalue weighted by Crippen LogP contribution is 2.23. The van der Waals surface area contributed by atoms with Gasteiger partial charge in [0.1, 0.15) is 0 Å². The Kier molecular flexibility index (Phi) is 4.67. The molecule has 2 aromatic carbocycles. The maximum Gasteiger partial charge on any atom is 0.322 e. The van der Waals surface area contributed by atoms with Crippen LogP contribution < -0.4 is 10.2 Å². The van der Waals surface area contributed by atoms with Gasteiger partial charge in [-0.15, -0.1) is 0 Å². The molecule has 0 bridgehead atoms. The first kappa shape index (κ1) is 17.3. The fourth-order valence-electron chi connectivity index (χ4n) is 3.70. The third-order valence-electron chi connectivity index (χ3n) is 5.01.